The van der Waals surface area contributed by atoms with Gasteiger partial charge in [0.05, 0.1) is 0 Å². The normalized spacial score (nSPS) is 25.0. The van der Waals surface area contributed by atoms with Crippen molar-refractivity contribution in [1.29, 1.82) is 0 Å². The molecule has 2 rings (SSSR count). The number of ether oxygens (including phenoxy) is 1. The first-order valence-corrected chi connectivity index (χ1v) is 8.60. The molecule has 0 spiro atoms. The minimum atomic E-state index is -0.673. The number of hydrogen-bond acceptors (Lipinski definition) is 3. The fourth-order valence-electron chi connectivity index (χ4n) is 3.18. The van der Waals surface area contributed by atoms with Crippen LogP contribution in [0.2, 0.25) is 0 Å². The van der Waals surface area contributed by atoms with E-state index < -0.39 is 11.7 Å². The minimum absolute atomic E-state index is 0.220. The molecule has 1 aliphatic carbocycles. The number of nitrogens with two attached hydrogens (primary N) is 1. The van der Waals surface area contributed by atoms with Gasteiger partial charge < -0.3 is 15.8 Å². The summed E-state index contributed by atoms with van der Waals surface area (Å²) in [6.45, 7) is 8.74. The Morgan fingerprint density at radius 2 is 1.87 bits per heavy atom. The van der Waals surface area contributed by atoms with Crippen LogP contribution in [0.25, 0.3) is 0 Å². The van der Waals surface area contributed by atoms with Gasteiger partial charge in [0, 0.05) is 11.7 Å². The third-order valence-electron chi connectivity index (χ3n) is 5.31. The summed E-state index contributed by atoms with van der Waals surface area (Å²) in [5.41, 5.74) is 7.50. The second-order valence-electron chi connectivity index (χ2n) is 7.60. The van der Waals surface area contributed by atoms with E-state index in [9.17, 15) is 4.79 Å². The second kappa shape index (κ2) is 6.81. The zero-order valence-corrected chi connectivity index (χ0v) is 14.8. The van der Waals surface area contributed by atoms with Crippen molar-refractivity contribution in [3.05, 3.63) is 29.8 Å². The third kappa shape index (κ3) is 4.63. The largest absolute Gasteiger partial charge is 0.443 e. The quantitative estimate of drug-likeness (QED) is 0.835. The molecule has 0 radical (unpaired) electrons. The molecule has 1 fully saturated rings. The average molecular weight is 318 g/mol. The lowest BCUT2D eigenvalue weighted by Crippen LogP contribution is -2.40. The number of anilines is 1. The summed E-state index contributed by atoms with van der Waals surface area (Å²) in [6, 6.07) is 9.19. The predicted molar refractivity (Wildman–Crippen MR) is 94.7 cm³/mol. The molecule has 0 aromatic heterocycles. The fraction of sp³-hybridized carbons (Fsp3) is 0.632. The molecular formula is C19H30N2O2. The van der Waals surface area contributed by atoms with E-state index in [-0.39, 0.29) is 5.41 Å². The van der Waals surface area contributed by atoms with Gasteiger partial charge in [-0.25, -0.2) is 4.79 Å². The summed E-state index contributed by atoms with van der Waals surface area (Å²) in [4.78, 5) is 11.0. The molecule has 1 aromatic carbocycles. The first-order chi connectivity index (χ1) is 10.7. The lowest BCUT2D eigenvalue weighted by molar-refractivity contribution is 0.000852. The van der Waals surface area contributed by atoms with Gasteiger partial charge in [-0.15, -0.1) is 0 Å². The zero-order chi connectivity index (χ0) is 17.1. The summed E-state index contributed by atoms with van der Waals surface area (Å²) in [7, 11) is 0. The van der Waals surface area contributed by atoms with Gasteiger partial charge in [0.25, 0.3) is 0 Å². The van der Waals surface area contributed by atoms with Crippen LogP contribution < -0.4 is 11.1 Å². The van der Waals surface area contributed by atoms with Crippen LogP contribution in [0.3, 0.4) is 0 Å². The molecule has 0 unspecified atom stereocenters. The van der Waals surface area contributed by atoms with Gasteiger partial charge in [0.2, 0.25) is 0 Å². The monoisotopic (exact) mass is 318 g/mol. The van der Waals surface area contributed by atoms with Crippen molar-refractivity contribution in [1.82, 2.24) is 0 Å². The molecule has 0 bridgehead atoms. The lowest BCUT2D eigenvalue weighted by atomic mass is 9.82. The van der Waals surface area contributed by atoms with E-state index in [1.807, 2.05) is 6.92 Å². The van der Waals surface area contributed by atoms with Gasteiger partial charge in [-0.3, -0.25) is 0 Å². The van der Waals surface area contributed by atoms with Gasteiger partial charge >= 0.3 is 6.09 Å². The van der Waals surface area contributed by atoms with Crippen LogP contribution in [0.15, 0.2) is 24.3 Å². The molecule has 3 N–H and O–H groups in total. The number of rotatable bonds is 5. The van der Waals surface area contributed by atoms with E-state index in [2.05, 4.69) is 50.4 Å². The Hall–Kier alpha value is -1.71. The molecule has 0 heterocycles. The Kier molecular flexibility index (Phi) is 5.23. The molecule has 23 heavy (non-hydrogen) atoms. The van der Waals surface area contributed by atoms with Crippen LogP contribution in [0.1, 0.15) is 65.4 Å². The van der Waals surface area contributed by atoms with Crippen molar-refractivity contribution in [2.45, 2.75) is 76.9 Å². The maximum Gasteiger partial charge on any atom is 0.405 e. The van der Waals surface area contributed by atoms with Crippen molar-refractivity contribution in [2.75, 3.05) is 5.32 Å². The molecule has 4 nitrogen and oxygen atoms in total. The Labute approximate surface area is 139 Å². The van der Waals surface area contributed by atoms with Crippen LogP contribution >= 0.6 is 0 Å². The molecular weight excluding hydrogens is 288 g/mol. The highest BCUT2D eigenvalue weighted by Crippen LogP contribution is 2.33. The Morgan fingerprint density at radius 1 is 1.30 bits per heavy atom. The van der Waals surface area contributed by atoms with Gasteiger partial charge in [-0.2, -0.15) is 0 Å². The lowest BCUT2D eigenvalue weighted by Gasteiger charge is -2.37. The van der Waals surface area contributed by atoms with Crippen molar-refractivity contribution >= 4 is 11.8 Å². The van der Waals surface area contributed by atoms with E-state index in [1.165, 1.54) is 5.56 Å². The predicted octanol–water partition coefficient (Wildman–Crippen LogP) is 4.58. The second-order valence-corrected chi connectivity index (χ2v) is 7.60. The van der Waals surface area contributed by atoms with Crippen molar-refractivity contribution in [3.8, 4) is 0 Å². The van der Waals surface area contributed by atoms with E-state index in [4.69, 9.17) is 10.5 Å². The Balaban J connectivity index is 1.91. The molecule has 1 amide bonds. The number of carbonyl (C=O) groups is 1. The first kappa shape index (κ1) is 17.6. The Bertz CT molecular complexity index is 529. The molecule has 1 saturated carbocycles. The summed E-state index contributed by atoms with van der Waals surface area (Å²) in [6.07, 6.45) is 4.09. The molecule has 0 aliphatic heterocycles. The Morgan fingerprint density at radius 3 is 2.35 bits per heavy atom. The van der Waals surface area contributed by atoms with Gasteiger partial charge in [-0.05, 0) is 62.1 Å². The topological polar surface area (TPSA) is 64.3 Å². The fourth-order valence-corrected chi connectivity index (χ4v) is 3.18. The van der Waals surface area contributed by atoms with Crippen LogP contribution in [-0.4, -0.2) is 17.7 Å². The number of benzene rings is 1. The number of carbonyl (C=O) groups excluding carboxylic acids is 1. The van der Waals surface area contributed by atoms with Gasteiger partial charge in [-0.1, -0.05) is 32.9 Å². The highest BCUT2D eigenvalue weighted by molar-refractivity contribution is 5.65. The first-order valence-electron chi connectivity index (χ1n) is 8.60. The van der Waals surface area contributed by atoms with Crippen molar-refractivity contribution < 1.29 is 9.53 Å². The molecule has 1 aliphatic rings. The van der Waals surface area contributed by atoms with Crippen molar-refractivity contribution in [2.24, 2.45) is 5.73 Å². The highest BCUT2D eigenvalue weighted by Gasteiger charge is 2.34. The number of primary amides is 1. The molecule has 1 aromatic rings. The van der Waals surface area contributed by atoms with Crippen LogP contribution in [-0.2, 0) is 10.2 Å². The smallest absolute Gasteiger partial charge is 0.405 e. The number of nitrogens with one attached hydrogen (secondary N) is 1. The molecule has 128 valence electrons. The van der Waals surface area contributed by atoms with E-state index in [1.54, 1.807) is 0 Å². The number of hydrogen-bond donors (Lipinski definition) is 2. The molecule has 4 heteroatoms. The van der Waals surface area contributed by atoms with E-state index in [0.29, 0.717) is 6.04 Å². The average Bonchev–Trinajstić information content (AvgIpc) is 2.49. The summed E-state index contributed by atoms with van der Waals surface area (Å²) < 4.78 is 5.25. The molecule has 0 saturated heterocycles. The van der Waals surface area contributed by atoms with E-state index >= 15 is 0 Å². The maximum absolute atomic E-state index is 11.0. The van der Waals surface area contributed by atoms with Gasteiger partial charge in [0.15, 0.2) is 0 Å². The standard InChI is InChI=1S/C19H30N2O2/c1-5-18(2,3)14-6-8-15(9-7-14)21-16-10-12-19(4,13-11-16)23-17(20)22/h6-9,16,21H,5,10-13H2,1-4H3,(H2,20,22). The summed E-state index contributed by atoms with van der Waals surface area (Å²) in [5.74, 6) is 0. The molecule has 0 atom stereocenters. The van der Waals surface area contributed by atoms with Gasteiger partial charge in [0.1, 0.15) is 5.60 Å². The van der Waals surface area contributed by atoms with Crippen LogP contribution in [0.5, 0.6) is 0 Å². The van der Waals surface area contributed by atoms with Crippen LogP contribution in [0, 0.1) is 0 Å². The summed E-state index contributed by atoms with van der Waals surface area (Å²) >= 11 is 0. The summed E-state index contributed by atoms with van der Waals surface area (Å²) in [5, 5.41) is 3.60. The van der Waals surface area contributed by atoms with E-state index in [0.717, 1.165) is 37.8 Å². The third-order valence-corrected chi connectivity index (χ3v) is 5.31. The van der Waals surface area contributed by atoms with Crippen LogP contribution in [0.4, 0.5) is 10.5 Å². The number of amides is 1. The minimum Gasteiger partial charge on any atom is -0.443 e. The maximum atomic E-state index is 11.0. The van der Waals surface area contributed by atoms with Crippen molar-refractivity contribution in [3.63, 3.8) is 0 Å². The zero-order valence-electron chi connectivity index (χ0n) is 14.8. The SMILES string of the molecule is CCC(C)(C)c1ccc(NC2CCC(C)(OC(N)=O)CC2)cc1. The highest BCUT2D eigenvalue weighted by atomic mass is 16.6.